The van der Waals surface area contributed by atoms with Crippen LogP contribution in [0.25, 0.3) is 11.5 Å². The summed E-state index contributed by atoms with van der Waals surface area (Å²) >= 11 is 0. The van der Waals surface area contributed by atoms with Crippen LogP contribution in [0.3, 0.4) is 0 Å². The van der Waals surface area contributed by atoms with Gasteiger partial charge in [0.1, 0.15) is 0 Å². The summed E-state index contributed by atoms with van der Waals surface area (Å²) in [6.07, 6.45) is 1.40. The summed E-state index contributed by atoms with van der Waals surface area (Å²) < 4.78 is 5.27. The van der Waals surface area contributed by atoms with Crippen molar-refractivity contribution in [2.75, 3.05) is 11.4 Å². The average molecular weight is 376 g/mol. The number of carbonyl (C=O) groups is 2. The minimum atomic E-state index is -0.254. The van der Waals surface area contributed by atoms with Gasteiger partial charge in [-0.2, -0.15) is 4.98 Å². The zero-order chi connectivity index (χ0) is 19.5. The molecule has 1 aromatic heterocycles. The van der Waals surface area contributed by atoms with Crippen molar-refractivity contribution in [1.29, 1.82) is 0 Å². The molecule has 0 radical (unpaired) electrons. The van der Waals surface area contributed by atoms with Gasteiger partial charge in [0.2, 0.25) is 5.91 Å². The molecule has 0 bridgehead atoms. The molecule has 1 N–H and O–H groups in total. The molecule has 2 aromatic carbocycles. The van der Waals surface area contributed by atoms with E-state index in [1.807, 2.05) is 37.3 Å². The van der Waals surface area contributed by atoms with Gasteiger partial charge in [0.05, 0.1) is 6.54 Å². The van der Waals surface area contributed by atoms with E-state index in [2.05, 4.69) is 15.5 Å². The first-order valence-electron chi connectivity index (χ1n) is 9.18. The Bertz CT molecular complexity index is 1010. The minimum Gasteiger partial charge on any atom is -0.345 e. The van der Waals surface area contributed by atoms with Crippen molar-refractivity contribution < 1.29 is 14.1 Å². The highest BCUT2D eigenvalue weighted by Gasteiger charge is 2.22. The van der Waals surface area contributed by atoms with Crippen molar-refractivity contribution in [3.63, 3.8) is 0 Å². The van der Waals surface area contributed by atoms with Crippen LogP contribution >= 0.6 is 0 Å². The van der Waals surface area contributed by atoms with E-state index in [0.29, 0.717) is 30.2 Å². The number of hydrogen-bond donors (Lipinski definition) is 1. The highest BCUT2D eigenvalue weighted by Crippen LogP contribution is 2.22. The van der Waals surface area contributed by atoms with Gasteiger partial charge in [0.25, 0.3) is 11.8 Å². The Morgan fingerprint density at radius 1 is 1.21 bits per heavy atom. The molecule has 0 unspecified atom stereocenters. The second-order valence-corrected chi connectivity index (χ2v) is 6.76. The molecule has 0 saturated carbocycles. The van der Waals surface area contributed by atoms with Gasteiger partial charge in [-0.25, -0.2) is 0 Å². The first kappa shape index (κ1) is 17.9. The van der Waals surface area contributed by atoms with E-state index in [-0.39, 0.29) is 18.4 Å². The van der Waals surface area contributed by atoms with Gasteiger partial charge in [-0.3, -0.25) is 9.59 Å². The number of rotatable bonds is 5. The van der Waals surface area contributed by atoms with Crippen molar-refractivity contribution in [2.24, 2.45) is 0 Å². The molecule has 3 aromatic rings. The summed E-state index contributed by atoms with van der Waals surface area (Å²) in [7, 11) is 0. The Balaban J connectivity index is 1.41. The van der Waals surface area contributed by atoms with Crippen molar-refractivity contribution in [3.8, 4) is 11.5 Å². The summed E-state index contributed by atoms with van der Waals surface area (Å²) in [6, 6.07) is 14.8. The Morgan fingerprint density at radius 3 is 2.79 bits per heavy atom. The number of aryl methyl sites for hydroxylation is 1. The fourth-order valence-electron chi connectivity index (χ4n) is 3.14. The van der Waals surface area contributed by atoms with Gasteiger partial charge in [-0.1, -0.05) is 28.9 Å². The highest BCUT2D eigenvalue weighted by atomic mass is 16.5. The third-order valence-corrected chi connectivity index (χ3v) is 4.67. The van der Waals surface area contributed by atoms with Crippen LogP contribution in [-0.2, 0) is 11.3 Å². The number of nitrogens with zero attached hydrogens (tertiary/aromatic N) is 3. The predicted octanol–water partition coefficient (Wildman–Crippen LogP) is 3.10. The number of benzene rings is 2. The molecule has 0 atom stereocenters. The van der Waals surface area contributed by atoms with Crippen molar-refractivity contribution >= 4 is 17.5 Å². The summed E-state index contributed by atoms with van der Waals surface area (Å²) in [6.45, 7) is 2.85. The molecule has 2 amide bonds. The Labute approximate surface area is 162 Å². The normalized spacial score (nSPS) is 13.8. The van der Waals surface area contributed by atoms with Crippen LogP contribution in [0.2, 0.25) is 0 Å². The molecule has 2 heterocycles. The number of anilines is 1. The Morgan fingerprint density at radius 2 is 2.04 bits per heavy atom. The standard InChI is InChI=1S/C21H20N4O3/c1-14-7-9-15(10-8-14)21-23-18(24-28-21)13-22-20(27)16-4-2-5-17(12-16)25-11-3-6-19(25)26/h2,4-5,7-10,12H,3,6,11,13H2,1H3,(H,22,27). The molecule has 4 rings (SSSR count). The van der Waals surface area contributed by atoms with Gasteiger partial charge in [0.15, 0.2) is 5.82 Å². The largest absolute Gasteiger partial charge is 0.345 e. The summed E-state index contributed by atoms with van der Waals surface area (Å²) in [4.78, 5) is 30.4. The quantitative estimate of drug-likeness (QED) is 0.739. The lowest BCUT2D eigenvalue weighted by molar-refractivity contribution is -0.117. The fraction of sp³-hybridized carbons (Fsp3) is 0.238. The van der Waals surface area contributed by atoms with Crippen LogP contribution in [0.15, 0.2) is 53.1 Å². The van der Waals surface area contributed by atoms with E-state index in [0.717, 1.165) is 23.2 Å². The number of amides is 2. The van der Waals surface area contributed by atoms with Crippen LogP contribution in [0.4, 0.5) is 5.69 Å². The van der Waals surface area contributed by atoms with Gasteiger partial charge < -0.3 is 14.7 Å². The molecule has 0 spiro atoms. The van der Waals surface area contributed by atoms with Crippen molar-refractivity contribution in [1.82, 2.24) is 15.5 Å². The molecule has 1 aliphatic heterocycles. The molecule has 1 saturated heterocycles. The van der Waals surface area contributed by atoms with Gasteiger partial charge in [0, 0.05) is 29.8 Å². The minimum absolute atomic E-state index is 0.0907. The van der Waals surface area contributed by atoms with Crippen LogP contribution in [0.1, 0.15) is 34.6 Å². The Kier molecular flexibility index (Phi) is 4.89. The first-order chi connectivity index (χ1) is 13.6. The van der Waals surface area contributed by atoms with Gasteiger partial charge in [-0.15, -0.1) is 0 Å². The molecule has 7 heteroatoms. The summed E-state index contributed by atoms with van der Waals surface area (Å²) in [5, 5.41) is 6.71. The van der Waals surface area contributed by atoms with Crippen LogP contribution in [0.5, 0.6) is 0 Å². The molecule has 1 aliphatic rings. The molecular weight excluding hydrogens is 356 g/mol. The number of nitrogens with one attached hydrogen (secondary N) is 1. The maximum Gasteiger partial charge on any atom is 0.257 e. The van der Waals surface area contributed by atoms with E-state index >= 15 is 0 Å². The highest BCUT2D eigenvalue weighted by molar-refractivity contribution is 5.99. The zero-order valence-electron chi connectivity index (χ0n) is 15.5. The van der Waals surface area contributed by atoms with Crippen LogP contribution < -0.4 is 10.2 Å². The SMILES string of the molecule is Cc1ccc(-c2nc(CNC(=O)c3cccc(N4CCCC4=O)c3)no2)cc1. The molecule has 7 nitrogen and oxygen atoms in total. The molecule has 142 valence electrons. The van der Waals surface area contributed by atoms with Crippen molar-refractivity contribution in [3.05, 3.63) is 65.5 Å². The molecule has 0 aliphatic carbocycles. The van der Waals surface area contributed by atoms with E-state index < -0.39 is 0 Å². The van der Waals surface area contributed by atoms with E-state index in [4.69, 9.17) is 4.52 Å². The fourth-order valence-corrected chi connectivity index (χ4v) is 3.14. The zero-order valence-corrected chi connectivity index (χ0v) is 15.5. The van der Waals surface area contributed by atoms with Gasteiger partial charge >= 0.3 is 0 Å². The van der Waals surface area contributed by atoms with E-state index in [9.17, 15) is 9.59 Å². The number of aromatic nitrogens is 2. The first-order valence-corrected chi connectivity index (χ1v) is 9.18. The third-order valence-electron chi connectivity index (χ3n) is 4.67. The third kappa shape index (κ3) is 3.78. The molecule has 1 fully saturated rings. The smallest absolute Gasteiger partial charge is 0.257 e. The van der Waals surface area contributed by atoms with E-state index in [1.54, 1.807) is 23.1 Å². The number of hydrogen-bond acceptors (Lipinski definition) is 5. The number of carbonyl (C=O) groups excluding carboxylic acids is 2. The predicted molar refractivity (Wildman–Crippen MR) is 104 cm³/mol. The van der Waals surface area contributed by atoms with Gasteiger partial charge in [-0.05, 0) is 43.7 Å². The lowest BCUT2D eigenvalue weighted by atomic mass is 10.1. The summed E-state index contributed by atoms with van der Waals surface area (Å²) in [5.41, 5.74) is 3.21. The average Bonchev–Trinajstić information content (AvgIpc) is 3.36. The summed E-state index contributed by atoms with van der Waals surface area (Å²) in [5.74, 6) is 0.650. The van der Waals surface area contributed by atoms with Crippen LogP contribution in [-0.4, -0.2) is 28.5 Å². The topological polar surface area (TPSA) is 88.3 Å². The lowest BCUT2D eigenvalue weighted by Crippen LogP contribution is -2.26. The second-order valence-electron chi connectivity index (χ2n) is 6.76. The van der Waals surface area contributed by atoms with Crippen molar-refractivity contribution in [2.45, 2.75) is 26.3 Å². The maximum atomic E-state index is 12.5. The Hall–Kier alpha value is -3.48. The lowest BCUT2D eigenvalue weighted by Gasteiger charge is -2.16. The monoisotopic (exact) mass is 376 g/mol. The molecule has 28 heavy (non-hydrogen) atoms. The second kappa shape index (κ2) is 7.64. The van der Waals surface area contributed by atoms with Crippen LogP contribution in [0, 0.1) is 6.92 Å². The maximum absolute atomic E-state index is 12.5. The van der Waals surface area contributed by atoms with E-state index in [1.165, 1.54) is 0 Å². The molecular formula is C21H20N4O3.